The molecule has 1 aromatic heterocycles. The Kier molecular flexibility index (Phi) is 5.24. The standard InChI is InChI=1S/C21H20ClN3O2S/c1-13-3-12-18-25(13)24-19(14-4-10-17(27-2)11-5-14)20(28-18)21(26)23-16-8-6-15(22)7-9-16/h3-12,19-20,24H,1-2H3,(H,23,26)/t19-,20+/m1/s1. The molecule has 144 valence electrons. The summed E-state index contributed by atoms with van der Waals surface area (Å²) in [5.41, 5.74) is 6.33. The van der Waals surface area contributed by atoms with E-state index >= 15 is 0 Å². The molecule has 0 unspecified atom stereocenters. The number of nitrogens with one attached hydrogen (secondary N) is 2. The minimum Gasteiger partial charge on any atom is -0.497 e. The summed E-state index contributed by atoms with van der Waals surface area (Å²) >= 11 is 7.50. The van der Waals surface area contributed by atoms with E-state index in [0.717, 1.165) is 27.7 Å². The fraction of sp³-hybridized carbons (Fsp3) is 0.190. The number of hydrogen-bond donors (Lipinski definition) is 2. The first-order valence-electron chi connectivity index (χ1n) is 8.87. The molecule has 0 spiro atoms. The summed E-state index contributed by atoms with van der Waals surface area (Å²) in [6.07, 6.45) is 0. The van der Waals surface area contributed by atoms with Crippen molar-refractivity contribution in [2.75, 3.05) is 17.9 Å². The van der Waals surface area contributed by atoms with E-state index in [1.54, 1.807) is 43.1 Å². The summed E-state index contributed by atoms with van der Waals surface area (Å²) in [5, 5.41) is 4.31. The van der Waals surface area contributed by atoms with Gasteiger partial charge in [0.1, 0.15) is 11.0 Å². The monoisotopic (exact) mass is 413 g/mol. The Hall–Kier alpha value is -2.57. The normalized spacial score (nSPS) is 18.1. The van der Waals surface area contributed by atoms with Crippen LogP contribution >= 0.6 is 23.4 Å². The highest BCUT2D eigenvalue weighted by Crippen LogP contribution is 2.39. The molecule has 28 heavy (non-hydrogen) atoms. The van der Waals surface area contributed by atoms with Crippen molar-refractivity contribution in [1.82, 2.24) is 4.68 Å². The molecule has 0 aliphatic carbocycles. The van der Waals surface area contributed by atoms with E-state index in [9.17, 15) is 4.79 Å². The van der Waals surface area contributed by atoms with Crippen LogP contribution in [0.15, 0.2) is 65.7 Å². The summed E-state index contributed by atoms with van der Waals surface area (Å²) in [7, 11) is 1.64. The summed E-state index contributed by atoms with van der Waals surface area (Å²) in [4.78, 5) is 13.1. The average molecular weight is 414 g/mol. The van der Waals surface area contributed by atoms with Crippen molar-refractivity contribution < 1.29 is 9.53 Å². The van der Waals surface area contributed by atoms with Crippen LogP contribution in [0.5, 0.6) is 5.75 Å². The number of methoxy groups -OCH3 is 1. The van der Waals surface area contributed by atoms with Crippen molar-refractivity contribution in [3.8, 4) is 5.75 Å². The molecular formula is C21H20ClN3O2S. The van der Waals surface area contributed by atoms with Crippen LogP contribution in [0.4, 0.5) is 5.69 Å². The van der Waals surface area contributed by atoms with Crippen LogP contribution in [0.25, 0.3) is 0 Å². The number of nitrogens with zero attached hydrogens (tertiary/aromatic N) is 1. The predicted molar refractivity (Wildman–Crippen MR) is 114 cm³/mol. The Morgan fingerprint density at radius 3 is 2.50 bits per heavy atom. The van der Waals surface area contributed by atoms with E-state index in [0.29, 0.717) is 5.02 Å². The molecule has 2 aromatic carbocycles. The Labute approximate surface area is 173 Å². The molecule has 3 aromatic rings. The Bertz CT molecular complexity index is 986. The SMILES string of the molecule is COc1ccc([C@H]2Nn3c(C)ccc3S[C@@H]2C(=O)Nc2ccc(Cl)cc2)cc1. The van der Waals surface area contributed by atoms with Crippen LogP contribution in [0.1, 0.15) is 17.3 Å². The van der Waals surface area contributed by atoms with E-state index in [1.165, 1.54) is 0 Å². The molecule has 2 atom stereocenters. The lowest BCUT2D eigenvalue weighted by Crippen LogP contribution is -2.41. The van der Waals surface area contributed by atoms with Crippen LogP contribution in [-0.4, -0.2) is 22.9 Å². The van der Waals surface area contributed by atoms with Gasteiger partial charge in [-0.15, -0.1) is 0 Å². The fourth-order valence-electron chi connectivity index (χ4n) is 3.19. The molecule has 7 heteroatoms. The minimum absolute atomic E-state index is 0.0641. The number of thioether (sulfide) groups is 1. The first-order chi connectivity index (χ1) is 13.5. The van der Waals surface area contributed by atoms with Crippen molar-refractivity contribution in [2.24, 2.45) is 0 Å². The van der Waals surface area contributed by atoms with Crippen LogP contribution in [-0.2, 0) is 4.79 Å². The molecule has 1 amide bonds. The van der Waals surface area contributed by atoms with Gasteiger partial charge in [-0.05, 0) is 61.0 Å². The number of anilines is 1. The summed E-state index contributed by atoms with van der Waals surface area (Å²) in [6, 6.07) is 18.8. The van der Waals surface area contributed by atoms with Crippen LogP contribution in [0, 0.1) is 6.92 Å². The molecule has 0 saturated heterocycles. The van der Waals surface area contributed by atoms with Crippen molar-refractivity contribution in [3.05, 3.63) is 76.9 Å². The molecule has 2 N–H and O–H groups in total. The van der Waals surface area contributed by atoms with Gasteiger partial charge in [-0.25, -0.2) is 0 Å². The molecule has 0 radical (unpaired) electrons. The zero-order valence-electron chi connectivity index (χ0n) is 15.5. The number of fused-ring (bicyclic) bond motifs is 1. The van der Waals surface area contributed by atoms with Gasteiger partial charge in [-0.1, -0.05) is 35.5 Å². The third-order valence-corrected chi connectivity index (χ3v) is 6.26. The molecule has 0 bridgehead atoms. The number of rotatable bonds is 4. The Morgan fingerprint density at radius 2 is 1.82 bits per heavy atom. The topological polar surface area (TPSA) is 55.3 Å². The number of benzene rings is 2. The first kappa shape index (κ1) is 18.8. The number of carbonyl (C=O) groups excluding carboxylic acids is 1. The van der Waals surface area contributed by atoms with Gasteiger partial charge < -0.3 is 15.5 Å². The highest BCUT2D eigenvalue weighted by atomic mass is 35.5. The van der Waals surface area contributed by atoms with Gasteiger partial charge in [0.25, 0.3) is 0 Å². The van der Waals surface area contributed by atoms with E-state index in [2.05, 4.69) is 10.7 Å². The van der Waals surface area contributed by atoms with Gasteiger partial charge in [0.2, 0.25) is 5.91 Å². The smallest absolute Gasteiger partial charge is 0.240 e. The lowest BCUT2D eigenvalue weighted by molar-refractivity contribution is -0.116. The van der Waals surface area contributed by atoms with Gasteiger partial charge in [0.15, 0.2) is 0 Å². The second kappa shape index (κ2) is 7.81. The molecule has 1 aliphatic heterocycles. The lowest BCUT2D eigenvalue weighted by Gasteiger charge is -2.34. The zero-order chi connectivity index (χ0) is 19.7. The zero-order valence-corrected chi connectivity index (χ0v) is 17.1. The second-order valence-electron chi connectivity index (χ2n) is 6.56. The fourth-order valence-corrected chi connectivity index (χ4v) is 4.54. The minimum atomic E-state index is -0.342. The molecule has 2 heterocycles. The highest BCUT2D eigenvalue weighted by Gasteiger charge is 2.36. The van der Waals surface area contributed by atoms with Gasteiger partial charge in [-0.3, -0.25) is 9.47 Å². The maximum Gasteiger partial charge on any atom is 0.240 e. The quantitative estimate of drug-likeness (QED) is 0.641. The highest BCUT2D eigenvalue weighted by molar-refractivity contribution is 8.00. The maximum absolute atomic E-state index is 13.1. The van der Waals surface area contributed by atoms with E-state index in [4.69, 9.17) is 16.3 Å². The number of ether oxygens (including phenoxy) is 1. The van der Waals surface area contributed by atoms with Crippen molar-refractivity contribution in [3.63, 3.8) is 0 Å². The number of aromatic nitrogens is 1. The largest absolute Gasteiger partial charge is 0.497 e. The second-order valence-corrected chi connectivity index (χ2v) is 8.16. The summed E-state index contributed by atoms with van der Waals surface area (Å²) in [6.45, 7) is 2.04. The van der Waals surface area contributed by atoms with Gasteiger partial charge in [-0.2, -0.15) is 0 Å². The van der Waals surface area contributed by atoms with E-state index < -0.39 is 0 Å². The average Bonchev–Trinajstić information content (AvgIpc) is 3.09. The van der Waals surface area contributed by atoms with E-state index in [-0.39, 0.29) is 17.2 Å². The maximum atomic E-state index is 13.1. The van der Waals surface area contributed by atoms with Crippen LogP contribution < -0.4 is 15.5 Å². The lowest BCUT2D eigenvalue weighted by atomic mass is 10.0. The molecule has 1 aliphatic rings. The number of amides is 1. The first-order valence-corrected chi connectivity index (χ1v) is 10.1. The Morgan fingerprint density at radius 1 is 1.11 bits per heavy atom. The van der Waals surface area contributed by atoms with Crippen LogP contribution in [0.3, 0.4) is 0 Å². The van der Waals surface area contributed by atoms with E-state index in [1.807, 2.05) is 48.0 Å². The van der Waals surface area contributed by atoms with Gasteiger partial charge in [0, 0.05) is 16.4 Å². The number of carbonyl (C=O) groups is 1. The van der Waals surface area contributed by atoms with Crippen molar-refractivity contribution in [2.45, 2.75) is 23.2 Å². The van der Waals surface area contributed by atoms with Gasteiger partial charge >= 0.3 is 0 Å². The molecule has 5 nitrogen and oxygen atoms in total. The molecular weight excluding hydrogens is 394 g/mol. The third kappa shape index (κ3) is 3.70. The molecule has 0 saturated carbocycles. The number of hydrogen-bond acceptors (Lipinski definition) is 4. The molecule has 4 rings (SSSR count). The summed E-state index contributed by atoms with van der Waals surface area (Å²) in [5.74, 6) is 0.720. The van der Waals surface area contributed by atoms with Gasteiger partial charge in [0.05, 0.1) is 18.2 Å². The Balaban J connectivity index is 1.64. The molecule has 0 fully saturated rings. The summed E-state index contributed by atoms with van der Waals surface area (Å²) < 4.78 is 7.29. The number of aryl methyl sites for hydroxylation is 1. The number of halogens is 1. The predicted octanol–water partition coefficient (Wildman–Crippen LogP) is 4.86. The van der Waals surface area contributed by atoms with Crippen molar-refractivity contribution >= 4 is 35.0 Å². The van der Waals surface area contributed by atoms with Crippen LogP contribution in [0.2, 0.25) is 5.02 Å². The van der Waals surface area contributed by atoms with Crippen molar-refractivity contribution in [1.29, 1.82) is 0 Å². The third-order valence-electron chi connectivity index (χ3n) is 4.70.